The van der Waals surface area contributed by atoms with E-state index in [4.69, 9.17) is 0 Å². The second-order valence-corrected chi connectivity index (χ2v) is 7.95. The van der Waals surface area contributed by atoms with E-state index < -0.39 is 0 Å². The molecular weight excluding hydrogens is 397 g/mol. The Bertz CT molecular complexity index is 1120. The first-order valence-corrected chi connectivity index (χ1v) is 10.6. The van der Waals surface area contributed by atoms with Gasteiger partial charge in [-0.1, -0.05) is 30.9 Å². The highest BCUT2D eigenvalue weighted by Gasteiger charge is 2.50. The number of nitriles is 1. The minimum Gasteiger partial charge on any atom is -0.394 e. The van der Waals surface area contributed by atoms with Gasteiger partial charge in [-0.2, -0.15) is 5.26 Å². The predicted octanol–water partition coefficient (Wildman–Crippen LogP) is 4.10. The number of thiazole rings is 1. The number of rotatable bonds is 4. The molecule has 1 N–H and O–H groups in total. The summed E-state index contributed by atoms with van der Waals surface area (Å²) in [6.07, 6.45) is 0.842. The predicted molar refractivity (Wildman–Crippen MR) is 116 cm³/mol. The zero-order chi connectivity index (χ0) is 21.1. The van der Waals surface area contributed by atoms with Crippen LogP contribution >= 0.6 is 11.3 Å². The topological polar surface area (TPSA) is 60.2 Å². The van der Waals surface area contributed by atoms with Crippen molar-refractivity contribution in [3.8, 4) is 17.9 Å². The molecule has 1 saturated heterocycles. The van der Waals surface area contributed by atoms with Gasteiger partial charge in [-0.3, -0.25) is 0 Å². The number of nitrogens with zero attached hydrogens (tertiary/aromatic N) is 3. The first-order valence-electron chi connectivity index (χ1n) is 9.75. The van der Waals surface area contributed by atoms with Crippen molar-refractivity contribution in [2.45, 2.75) is 31.3 Å². The lowest BCUT2D eigenvalue weighted by Crippen LogP contribution is -2.63. The molecule has 1 aliphatic heterocycles. The van der Waals surface area contributed by atoms with Crippen molar-refractivity contribution >= 4 is 16.5 Å². The number of aromatic nitrogens is 1. The van der Waals surface area contributed by atoms with E-state index in [2.05, 4.69) is 22.9 Å². The lowest BCUT2D eigenvalue weighted by molar-refractivity contribution is 0.187. The lowest BCUT2D eigenvalue weighted by Gasteiger charge is -2.51. The quantitative estimate of drug-likeness (QED) is 0.650. The van der Waals surface area contributed by atoms with Crippen molar-refractivity contribution in [2.75, 3.05) is 11.5 Å². The molecule has 0 aliphatic carbocycles. The zero-order valence-electron chi connectivity index (χ0n) is 16.4. The van der Waals surface area contributed by atoms with Gasteiger partial charge >= 0.3 is 0 Å². The van der Waals surface area contributed by atoms with Gasteiger partial charge in [-0.05, 0) is 48.4 Å². The van der Waals surface area contributed by atoms with Crippen LogP contribution in [0.5, 0.6) is 0 Å². The summed E-state index contributed by atoms with van der Waals surface area (Å²) in [4.78, 5) is 6.52. The molecule has 0 radical (unpaired) electrons. The maximum Gasteiger partial charge on any atom is 0.186 e. The molecule has 0 unspecified atom stereocenters. The molecule has 2 heterocycles. The molecule has 0 bridgehead atoms. The fourth-order valence-corrected chi connectivity index (χ4v) is 4.72. The smallest absolute Gasteiger partial charge is 0.186 e. The van der Waals surface area contributed by atoms with Gasteiger partial charge in [0.25, 0.3) is 0 Å². The van der Waals surface area contributed by atoms with E-state index in [0.717, 1.165) is 33.9 Å². The van der Waals surface area contributed by atoms with Crippen molar-refractivity contribution in [2.24, 2.45) is 0 Å². The summed E-state index contributed by atoms with van der Waals surface area (Å²) in [7, 11) is 0. The van der Waals surface area contributed by atoms with Gasteiger partial charge in [-0.15, -0.1) is 11.3 Å². The van der Waals surface area contributed by atoms with E-state index in [1.807, 2.05) is 41.5 Å². The Morgan fingerprint density at radius 3 is 2.27 bits per heavy atom. The average Bonchev–Trinajstić information content (AvgIpc) is 3.22. The molecule has 2 aromatic carbocycles. The van der Waals surface area contributed by atoms with Crippen molar-refractivity contribution < 1.29 is 9.50 Å². The van der Waals surface area contributed by atoms with Crippen LogP contribution in [0.3, 0.4) is 0 Å². The van der Waals surface area contributed by atoms with E-state index in [-0.39, 0.29) is 30.4 Å². The molecule has 3 aromatic rings. The lowest BCUT2D eigenvalue weighted by atomic mass is 9.76. The maximum atomic E-state index is 13.0. The highest BCUT2D eigenvalue weighted by Crippen LogP contribution is 2.44. The molecule has 0 amide bonds. The number of hydrogen-bond donors (Lipinski definition) is 1. The van der Waals surface area contributed by atoms with Gasteiger partial charge < -0.3 is 10.0 Å². The standard InChI is InChI=1S/C24H20FN3OS/c1-2-20-15-30-24(27-20)28-21(13-26)23(22(28)14-29)18-9-5-16(6-10-18)3-4-17-7-11-19(25)12-8-17/h5-12,15,21-23,29H,2,14H2,1H3/t21-,22-,23-/m0/s1. The Labute approximate surface area is 179 Å². The number of anilines is 1. The summed E-state index contributed by atoms with van der Waals surface area (Å²) in [5, 5.41) is 22.5. The fourth-order valence-electron chi connectivity index (χ4n) is 3.71. The summed E-state index contributed by atoms with van der Waals surface area (Å²) in [6, 6.07) is 15.6. The number of aryl methyl sites for hydroxylation is 1. The summed E-state index contributed by atoms with van der Waals surface area (Å²) >= 11 is 1.51. The fraction of sp³-hybridized carbons (Fsp3) is 0.250. The van der Waals surface area contributed by atoms with E-state index in [1.54, 1.807) is 12.1 Å². The van der Waals surface area contributed by atoms with Crippen LogP contribution in [0.2, 0.25) is 0 Å². The Hall–Kier alpha value is -3.19. The summed E-state index contributed by atoms with van der Waals surface area (Å²) in [6.45, 7) is 2.00. The summed E-state index contributed by atoms with van der Waals surface area (Å²) in [5.41, 5.74) is 3.57. The number of aliphatic hydroxyl groups is 1. The minimum absolute atomic E-state index is 0.0456. The van der Waals surface area contributed by atoms with Gasteiger partial charge in [0.15, 0.2) is 5.13 Å². The molecule has 1 fully saturated rings. The minimum atomic E-state index is -0.367. The molecule has 1 aliphatic rings. The van der Waals surface area contributed by atoms with E-state index in [1.165, 1.54) is 23.5 Å². The van der Waals surface area contributed by atoms with Crippen LogP contribution in [0.15, 0.2) is 53.9 Å². The number of hydrogen-bond acceptors (Lipinski definition) is 5. The molecule has 1 aromatic heterocycles. The second kappa shape index (κ2) is 8.67. The normalized spacial score (nSPS) is 20.1. The van der Waals surface area contributed by atoms with Crippen LogP contribution in [0.4, 0.5) is 9.52 Å². The first-order chi connectivity index (χ1) is 14.6. The SMILES string of the molecule is CCc1csc(N2[C@@H](C#N)[C@H](c3ccc(C#Cc4ccc(F)cc4)cc3)[C@@H]2CO)n1. The van der Waals surface area contributed by atoms with E-state index >= 15 is 0 Å². The summed E-state index contributed by atoms with van der Waals surface area (Å²) < 4.78 is 13.0. The molecular formula is C24H20FN3OS. The molecule has 30 heavy (non-hydrogen) atoms. The zero-order valence-corrected chi connectivity index (χ0v) is 17.2. The van der Waals surface area contributed by atoms with Crippen LogP contribution in [0.25, 0.3) is 0 Å². The van der Waals surface area contributed by atoms with Gasteiger partial charge in [0, 0.05) is 22.4 Å². The number of benzene rings is 2. The van der Waals surface area contributed by atoms with Crippen LogP contribution in [0, 0.1) is 29.0 Å². The van der Waals surface area contributed by atoms with Crippen molar-refractivity contribution in [3.63, 3.8) is 0 Å². The van der Waals surface area contributed by atoms with Crippen LogP contribution in [-0.2, 0) is 6.42 Å². The first kappa shape index (κ1) is 20.1. The molecule has 0 saturated carbocycles. The average molecular weight is 418 g/mol. The third-order valence-corrected chi connectivity index (χ3v) is 6.25. The third-order valence-electron chi connectivity index (χ3n) is 5.34. The second-order valence-electron chi connectivity index (χ2n) is 7.11. The van der Waals surface area contributed by atoms with Gasteiger partial charge in [-0.25, -0.2) is 9.37 Å². The Morgan fingerprint density at radius 2 is 1.73 bits per heavy atom. The summed E-state index contributed by atoms with van der Waals surface area (Å²) in [5.74, 6) is 5.71. The van der Waals surface area contributed by atoms with Crippen LogP contribution in [-0.4, -0.2) is 28.8 Å². The van der Waals surface area contributed by atoms with E-state index in [0.29, 0.717) is 0 Å². The molecule has 4 nitrogen and oxygen atoms in total. The highest BCUT2D eigenvalue weighted by molar-refractivity contribution is 7.13. The Morgan fingerprint density at radius 1 is 1.10 bits per heavy atom. The monoisotopic (exact) mass is 417 g/mol. The van der Waals surface area contributed by atoms with Crippen molar-refractivity contribution in [1.29, 1.82) is 5.26 Å². The number of aliphatic hydroxyl groups excluding tert-OH is 1. The van der Waals surface area contributed by atoms with E-state index in [9.17, 15) is 14.8 Å². The van der Waals surface area contributed by atoms with Gasteiger partial charge in [0.1, 0.15) is 11.9 Å². The van der Waals surface area contributed by atoms with Crippen LogP contribution < -0.4 is 4.90 Å². The van der Waals surface area contributed by atoms with Crippen LogP contribution in [0.1, 0.15) is 35.2 Å². The molecule has 3 atom stereocenters. The van der Waals surface area contributed by atoms with Gasteiger partial charge in [0.2, 0.25) is 0 Å². The van der Waals surface area contributed by atoms with Crippen molar-refractivity contribution in [1.82, 2.24) is 4.98 Å². The van der Waals surface area contributed by atoms with Crippen molar-refractivity contribution in [3.05, 3.63) is 82.1 Å². The third kappa shape index (κ3) is 3.80. The molecule has 6 heteroatoms. The maximum absolute atomic E-state index is 13.0. The number of halogens is 1. The Balaban J connectivity index is 1.53. The molecule has 4 rings (SSSR count). The Kier molecular flexibility index (Phi) is 5.81. The highest BCUT2D eigenvalue weighted by atomic mass is 32.1. The molecule has 150 valence electrons. The molecule has 0 spiro atoms. The largest absolute Gasteiger partial charge is 0.394 e. The van der Waals surface area contributed by atoms with Gasteiger partial charge in [0.05, 0.1) is 24.4 Å².